The highest BCUT2D eigenvalue weighted by atomic mass is 32.2. The quantitative estimate of drug-likeness (QED) is 0.405. The van der Waals surface area contributed by atoms with Gasteiger partial charge in [0.1, 0.15) is 0 Å². The third kappa shape index (κ3) is 5.94. The van der Waals surface area contributed by atoms with Gasteiger partial charge in [-0.3, -0.25) is 14.6 Å². The van der Waals surface area contributed by atoms with Gasteiger partial charge in [-0.15, -0.1) is 0 Å². The number of anilines is 1. The molecule has 0 saturated carbocycles. The van der Waals surface area contributed by atoms with Crippen molar-refractivity contribution < 1.29 is 17.9 Å². The van der Waals surface area contributed by atoms with E-state index in [1.807, 2.05) is 26.0 Å². The second-order valence-corrected chi connectivity index (χ2v) is 13.1. The van der Waals surface area contributed by atoms with Crippen LogP contribution in [0.4, 0.5) is 5.13 Å². The lowest BCUT2D eigenvalue weighted by Crippen LogP contribution is -2.41. The zero-order chi connectivity index (χ0) is 26.7. The number of carbonyl (C=O) groups is 1. The number of fused-ring (bicyclic) bond motifs is 1. The van der Waals surface area contributed by atoms with Crippen LogP contribution >= 0.6 is 11.3 Å². The van der Waals surface area contributed by atoms with Crippen LogP contribution in [-0.2, 0) is 14.8 Å². The molecule has 1 atom stereocenters. The van der Waals surface area contributed by atoms with Crippen molar-refractivity contribution >= 4 is 42.6 Å². The molecule has 2 saturated heterocycles. The molecular weight excluding hydrogens is 520 g/mol. The maximum absolute atomic E-state index is 13.8. The van der Waals surface area contributed by atoms with E-state index < -0.39 is 10.0 Å². The topological polar surface area (TPSA) is 83.0 Å². The lowest BCUT2D eigenvalue weighted by molar-refractivity contribution is 0.0376. The van der Waals surface area contributed by atoms with Gasteiger partial charge >= 0.3 is 0 Å². The normalized spacial score (nSPS) is 19.6. The van der Waals surface area contributed by atoms with Crippen molar-refractivity contribution in [1.82, 2.24) is 14.2 Å². The lowest BCUT2D eigenvalue weighted by Gasteiger charge is -2.32. The van der Waals surface area contributed by atoms with E-state index in [1.54, 1.807) is 33.5 Å². The Labute approximate surface area is 229 Å². The maximum Gasteiger partial charge on any atom is 0.260 e. The molecule has 2 aliphatic rings. The summed E-state index contributed by atoms with van der Waals surface area (Å²) >= 11 is 1.51. The molecule has 0 N–H and O–H groups in total. The Morgan fingerprint density at radius 1 is 1.11 bits per heavy atom. The van der Waals surface area contributed by atoms with Crippen LogP contribution in [0.15, 0.2) is 47.4 Å². The van der Waals surface area contributed by atoms with Crippen LogP contribution in [0.2, 0.25) is 0 Å². The first-order chi connectivity index (χ1) is 18.3. The molecule has 0 bridgehead atoms. The number of ether oxygens (including phenoxy) is 1. The molecule has 1 amide bonds. The Bertz CT molecular complexity index is 1370. The van der Waals surface area contributed by atoms with E-state index in [0.717, 1.165) is 74.3 Å². The van der Waals surface area contributed by atoms with Gasteiger partial charge in [0.25, 0.3) is 5.91 Å². The van der Waals surface area contributed by atoms with E-state index in [1.165, 1.54) is 11.3 Å². The Balaban J connectivity index is 1.37. The molecule has 0 aliphatic carbocycles. The number of aromatic nitrogens is 1. The first-order valence-corrected chi connectivity index (χ1v) is 15.7. The predicted molar refractivity (Wildman–Crippen MR) is 152 cm³/mol. The van der Waals surface area contributed by atoms with Gasteiger partial charge in [0, 0.05) is 44.3 Å². The predicted octanol–water partition coefficient (Wildman–Crippen LogP) is 4.54. The van der Waals surface area contributed by atoms with Gasteiger partial charge in [0.15, 0.2) is 5.13 Å². The van der Waals surface area contributed by atoms with Gasteiger partial charge in [-0.05, 0) is 75.1 Å². The molecule has 3 heterocycles. The summed E-state index contributed by atoms with van der Waals surface area (Å²) in [6.45, 7) is 9.24. The molecule has 0 radical (unpaired) electrons. The third-order valence-corrected chi connectivity index (χ3v) is 10.5. The van der Waals surface area contributed by atoms with Crippen molar-refractivity contribution in [1.29, 1.82) is 0 Å². The number of aryl methyl sites for hydroxylation is 1. The van der Waals surface area contributed by atoms with Crippen molar-refractivity contribution in [3.8, 4) is 0 Å². The van der Waals surface area contributed by atoms with Crippen LogP contribution in [0.25, 0.3) is 10.2 Å². The summed E-state index contributed by atoms with van der Waals surface area (Å²) < 4.78 is 34.6. The molecule has 38 heavy (non-hydrogen) atoms. The Kier molecular flexibility index (Phi) is 8.44. The molecule has 5 rings (SSSR count). The second-order valence-electron chi connectivity index (χ2n) is 10.2. The van der Waals surface area contributed by atoms with Gasteiger partial charge in [-0.2, -0.15) is 4.31 Å². The minimum Gasteiger partial charge on any atom is -0.379 e. The van der Waals surface area contributed by atoms with Crippen LogP contribution in [-0.4, -0.2) is 80.5 Å². The zero-order valence-corrected chi connectivity index (χ0v) is 23.8. The van der Waals surface area contributed by atoms with E-state index in [4.69, 9.17) is 9.72 Å². The average molecular weight is 557 g/mol. The first-order valence-electron chi connectivity index (χ1n) is 13.4. The number of thiazole rings is 1. The Morgan fingerprint density at radius 2 is 1.87 bits per heavy atom. The highest BCUT2D eigenvalue weighted by molar-refractivity contribution is 7.89. The largest absolute Gasteiger partial charge is 0.379 e. The molecule has 8 nitrogen and oxygen atoms in total. The number of morpholine rings is 1. The summed E-state index contributed by atoms with van der Waals surface area (Å²) in [6.07, 6.45) is 3.60. The molecule has 2 fully saturated rings. The fourth-order valence-electron chi connectivity index (χ4n) is 5.19. The van der Waals surface area contributed by atoms with Crippen LogP contribution in [0.3, 0.4) is 0 Å². The molecule has 204 valence electrons. The highest BCUT2D eigenvalue weighted by Gasteiger charge is 2.31. The standard InChI is InChI=1S/C28H36N4O4S2/c1-21-7-12-25-26(20-21)37-28(29-25)31(14-5-13-30-16-18-36-19-17-30)27(33)23-8-10-24(11-9-23)38(34,35)32-15-4-3-6-22(32)2/h7-12,20,22H,3-6,13-19H2,1-2H3. The fourth-order valence-corrected chi connectivity index (χ4v) is 7.97. The SMILES string of the molecule is Cc1ccc2nc(N(CCCN3CCOCC3)C(=O)c3ccc(S(=O)(=O)N4CCCCC4C)cc3)sc2c1. The molecule has 0 spiro atoms. The molecule has 3 aromatic rings. The first kappa shape index (κ1) is 27.2. The van der Waals surface area contributed by atoms with Crippen LogP contribution in [0.1, 0.15) is 48.5 Å². The number of hydrogen-bond donors (Lipinski definition) is 0. The van der Waals surface area contributed by atoms with Crippen molar-refractivity contribution in [3.63, 3.8) is 0 Å². The van der Waals surface area contributed by atoms with E-state index in [0.29, 0.717) is 23.8 Å². The maximum atomic E-state index is 13.8. The second kappa shape index (κ2) is 11.8. The summed E-state index contributed by atoms with van der Waals surface area (Å²) in [7, 11) is -3.59. The summed E-state index contributed by atoms with van der Waals surface area (Å²) in [5, 5.41) is 0.663. The highest BCUT2D eigenvalue weighted by Crippen LogP contribution is 2.31. The molecule has 10 heteroatoms. The fraction of sp³-hybridized carbons (Fsp3) is 0.500. The van der Waals surface area contributed by atoms with E-state index in [2.05, 4.69) is 11.0 Å². The minimum atomic E-state index is -3.59. The lowest BCUT2D eigenvalue weighted by atomic mass is 10.1. The minimum absolute atomic E-state index is 0.0142. The van der Waals surface area contributed by atoms with Crippen LogP contribution in [0, 0.1) is 6.92 Å². The molecule has 2 aliphatic heterocycles. The molecule has 1 unspecified atom stereocenters. The summed E-state index contributed by atoms with van der Waals surface area (Å²) in [5.74, 6) is -0.168. The molecular formula is C28H36N4O4S2. The van der Waals surface area contributed by atoms with Crippen molar-refractivity contribution in [3.05, 3.63) is 53.6 Å². The van der Waals surface area contributed by atoms with Gasteiger partial charge in [0.2, 0.25) is 10.0 Å². The van der Waals surface area contributed by atoms with Crippen LogP contribution in [0.5, 0.6) is 0 Å². The Morgan fingerprint density at radius 3 is 2.61 bits per heavy atom. The number of rotatable bonds is 8. The van der Waals surface area contributed by atoms with Gasteiger partial charge in [-0.1, -0.05) is 23.8 Å². The van der Waals surface area contributed by atoms with Crippen molar-refractivity contribution in [2.45, 2.75) is 50.5 Å². The number of nitrogens with zero attached hydrogens (tertiary/aromatic N) is 4. The summed E-state index contributed by atoms with van der Waals surface area (Å²) in [4.78, 5) is 22.9. The van der Waals surface area contributed by atoms with Crippen molar-refractivity contribution in [2.24, 2.45) is 0 Å². The Hall–Kier alpha value is -2.37. The number of amides is 1. The van der Waals surface area contributed by atoms with E-state index in [9.17, 15) is 13.2 Å². The van der Waals surface area contributed by atoms with Gasteiger partial charge in [-0.25, -0.2) is 13.4 Å². The number of carbonyl (C=O) groups excluding carboxylic acids is 1. The van der Waals surface area contributed by atoms with E-state index in [-0.39, 0.29) is 16.8 Å². The zero-order valence-electron chi connectivity index (χ0n) is 22.1. The van der Waals surface area contributed by atoms with Crippen molar-refractivity contribution in [2.75, 3.05) is 50.8 Å². The molecule has 1 aromatic heterocycles. The smallest absolute Gasteiger partial charge is 0.260 e. The monoisotopic (exact) mass is 556 g/mol. The average Bonchev–Trinajstić information content (AvgIpc) is 3.34. The summed E-state index contributed by atoms with van der Waals surface area (Å²) in [6, 6.07) is 12.5. The van der Waals surface area contributed by atoms with Crippen LogP contribution < -0.4 is 4.90 Å². The number of hydrogen-bond acceptors (Lipinski definition) is 7. The molecule has 2 aromatic carbocycles. The number of benzene rings is 2. The third-order valence-electron chi connectivity index (χ3n) is 7.42. The number of piperidine rings is 1. The van der Waals surface area contributed by atoms with Gasteiger partial charge < -0.3 is 4.74 Å². The number of sulfonamides is 1. The summed E-state index contributed by atoms with van der Waals surface area (Å²) in [5.41, 5.74) is 2.48. The van der Waals surface area contributed by atoms with Gasteiger partial charge in [0.05, 0.1) is 28.3 Å². The van der Waals surface area contributed by atoms with E-state index >= 15 is 0 Å².